The van der Waals surface area contributed by atoms with Gasteiger partial charge in [0.15, 0.2) is 0 Å². The highest BCUT2D eigenvalue weighted by Crippen LogP contribution is 2.03. The van der Waals surface area contributed by atoms with Crippen LogP contribution in [0, 0.1) is 0 Å². The minimum atomic E-state index is -1.01. The molecule has 0 heterocycles. The molecule has 0 aromatic rings. The molecule has 1 unspecified atom stereocenters. The lowest BCUT2D eigenvalue weighted by Crippen LogP contribution is -2.44. The molecule has 0 aromatic carbocycles. The van der Waals surface area contributed by atoms with E-state index in [1.165, 1.54) is 7.05 Å². The molecule has 16 heavy (non-hydrogen) atoms. The van der Waals surface area contributed by atoms with Crippen LogP contribution in [0.5, 0.6) is 0 Å². The van der Waals surface area contributed by atoms with Crippen LogP contribution in [0.15, 0.2) is 0 Å². The van der Waals surface area contributed by atoms with Crippen molar-refractivity contribution in [2.24, 2.45) is 0 Å². The van der Waals surface area contributed by atoms with Crippen LogP contribution in [-0.4, -0.2) is 53.1 Å². The van der Waals surface area contributed by atoms with Gasteiger partial charge in [-0.2, -0.15) is 11.8 Å². The number of carbonyl (C=O) groups is 2. The number of likely N-dealkylation sites (N-methyl/N-ethyl adjacent to an activating group) is 1. The molecule has 94 valence electrons. The molecule has 2 amide bonds. The van der Waals surface area contributed by atoms with Gasteiger partial charge < -0.3 is 15.3 Å². The molecule has 6 heteroatoms. The highest BCUT2D eigenvalue weighted by atomic mass is 32.2. The van der Waals surface area contributed by atoms with E-state index in [-0.39, 0.29) is 18.6 Å². The Morgan fingerprint density at radius 2 is 2.12 bits per heavy atom. The molecular formula is C10H20N2O3S. The molecule has 0 saturated heterocycles. The summed E-state index contributed by atoms with van der Waals surface area (Å²) in [6.07, 6.45) is 0.894. The van der Waals surface area contributed by atoms with Gasteiger partial charge in [-0.05, 0) is 24.9 Å². The second-order valence-electron chi connectivity index (χ2n) is 3.59. The number of thioether (sulfide) groups is 1. The summed E-state index contributed by atoms with van der Waals surface area (Å²) in [5.74, 6) is 1.06. The molecule has 0 aliphatic heterocycles. The third kappa shape index (κ3) is 7.39. The van der Waals surface area contributed by atoms with E-state index in [4.69, 9.17) is 5.11 Å². The van der Waals surface area contributed by atoms with Gasteiger partial charge in [0, 0.05) is 13.1 Å². The van der Waals surface area contributed by atoms with Crippen molar-refractivity contribution in [3.63, 3.8) is 0 Å². The third-order valence-corrected chi connectivity index (χ3v) is 2.92. The summed E-state index contributed by atoms with van der Waals surface area (Å²) < 4.78 is 0. The van der Waals surface area contributed by atoms with E-state index in [0.717, 1.165) is 22.8 Å². The number of carbonyl (C=O) groups excluding carboxylic acids is 1. The van der Waals surface area contributed by atoms with Gasteiger partial charge in [0.25, 0.3) is 0 Å². The maximum absolute atomic E-state index is 11.5. The summed E-state index contributed by atoms with van der Waals surface area (Å²) in [4.78, 5) is 23.0. The minimum absolute atomic E-state index is 0.0720. The lowest BCUT2D eigenvalue weighted by Gasteiger charge is -2.19. The fraction of sp³-hybridized carbons (Fsp3) is 0.800. The van der Waals surface area contributed by atoms with Gasteiger partial charge >= 0.3 is 12.0 Å². The average Bonchev–Trinajstić information content (AvgIpc) is 2.16. The minimum Gasteiger partial charge on any atom is -0.480 e. The Kier molecular flexibility index (Phi) is 7.80. The smallest absolute Gasteiger partial charge is 0.323 e. The average molecular weight is 248 g/mol. The topological polar surface area (TPSA) is 69.6 Å². The molecule has 0 fully saturated rings. The van der Waals surface area contributed by atoms with Crippen molar-refractivity contribution in [3.8, 4) is 0 Å². The van der Waals surface area contributed by atoms with Crippen molar-refractivity contribution in [1.82, 2.24) is 10.2 Å². The highest BCUT2D eigenvalue weighted by molar-refractivity contribution is 7.99. The summed E-state index contributed by atoms with van der Waals surface area (Å²) in [6.45, 7) is 3.74. The van der Waals surface area contributed by atoms with Crippen LogP contribution in [0.3, 0.4) is 0 Å². The Morgan fingerprint density at radius 3 is 2.62 bits per heavy atom. The number of aliphatic carboxylic acids is 1. The number of rotatable bonds is 7. The van der Waals surface area contributed by atoms with Gasteiger partial charge in [-0.1, -0.05) is 6.92 Å². The van der Waals surface area contributed by atoms with Crippen LogP contribution < -0.4 is 5.32 Å². The normalized spacial score (nSPS) is 11.9. The van der Waals surface area contributed by atoms with Crippen molar-refractivity contribution in [2.75, 3.05) is 25.1 Å². The van der Waals surface area contributed by atoms with E-state index in [2.05, 4.69) is 12.2 Å². The standard InChI is InChI=1S/C10H20N2O3S/c1-4-16-6-5-8(2)11-10(15)12(3)7-9(13)14/h8H,4-7H2,1-3H3,(H,11,15)(H,13,14). The Bertz CT molecular complexity index is 236. The number of hydrogen-bond donors (Lipinski definition) is 2. The zero-order chi connectivity index (χ0) is 12.6. The summed E-state index contributed by atoms with van der Waals surface area (Å²) in [5.41, 5.74) is 0. The number of nitrogens with one attached hydrogen (secondary N) is 1. The first kappa shape index (κ1) is 15.1. The lowest BCUT2D eigenvalue weighted by atomic mass is 10.3. The predicted molar refractivity (Wildman–Crippen MR) is 65.9 cm³/mol. The second-order valence-corrected chi connectivity index (χ2v) is 4.98. The fourth-order valence-corrected chi connectivity index (χ4v) is 1.88. The third-order valence-electron chi connectivity index (χ3n) is 1.99. The van der Waals surface area contributed by atoms with Gasteiger partial charge in [0.1, 0.15) is 6.54 Å². The first-order chi connectivity index (χ1) is 7.47. The number of nitrogens with zero attached hydrogens (tertiary/aromatic N) is 1. The Balaban J connectivity index is 3.80. The second kappa shape index (κ2) is 8.27. The largest absolute Gasteiger partial charge is 0.480 e. The summed E-state index contributed by atoms with van der Waals surface area (Å²) >= 11 is 1.82. The van der Waals surface area contributed by atoms with Gasteiger partial charge in [-0.15, -0.1) is 0 Å². The summed E-state index contributed by atoms with van der Waals surface area (Å²) in [6, 6.07) is -0.265. The highest BCUT2D eigenvalue weighted by Gasteiger charge is 2.13. The lowest BCUT2D eigenvalue weighted by molar-refractivity contribution is -0.137. The molecule has 0 saturated carbocycles. The first-order valence-corrected chi connectivity index (χ1v) is 6.44. The molecule has 0 rings (SSSR count). The Hall–Kier alpha value is -0.910. The van der Waals surface area contributed by atoms with Crippen LogP contribution in [0.1, 0.15) is 20.3 Å². The van der Waals surface area contributed by atoms with E-state index in [1.54, 1.807) is 0 Å². The maximum Gasteiger partial charge on any atom is 0.323 e. The van der Waals surface area contributed by atoms with E-state index >= 15 is 0 Å². The SMILES string of the molecule is CCSCCC(C)NC(=O)N(C)CC(=O)O. The van der Waals surface area contributed by atoms with Crippen molar-refractivity contribution in [3.05, 3.63) is 0 Å². The maximum atomic E-state index is 11.5. The number of urea groups is 1. The monoisotopic (exact) mass is 248 g/mol. The molecule has 0 aromatic heterocycles. The number of hydrogen-bond acceptors (Lipinski definition) is 3. The summed E-state index contributed by atoms with van der Waals surface area (Å²) in [7, 11) is 1.47. The zero-order valence-electron chi connectivity index (χ0n) is 10.0. The fourth-order valence-electron chi connectivity index (χ4n) is 1.07. The van der Waals surface area contributed by atoms with Crippen molar-refractivity contribution in [1.29, 1.82) is 0 Å². The van der Waals surface area contributed by atoms with Crippen molar-refractivity contribution >= 4 is 23.8 Å². The molecule has 1 atom stereocenters. The predicted octanol–water partition coefficient (Wildman–Crippen LogP) is 1.24. The van der Waals surface area contributed by atoms with Crippen LogP contribution in [0.25, 0.3) is 0 Å². The first-order valence-electron chi connectivity index (χ1n) is 5.28. The van der Waals surface area contributed by atoms with E-state index < -0.39 is 5.97 Å². The zero-order valence-corrected chi connectivity index (χ0v) is 10.8. The van der Waals surface area contributed by atoms with Gasteiger partial charge in [0.05, 0.1) is 0 Å². The van der Waals surface area contributed by atoms with Crippen molar-refractivity contribution < 1.29 is 14.7 Å². The van der Waals surface area contributed by atoms with E-state index in [0.29, 0.717) is 0 Å². The number of carboxylic acids is 1. The van der Waals surface area contributed by atoms with Gasteiger partial charge in [-0.25, -0.2) is 4.79 Å². The molecule has 5 nitrogen and oxygen atoms in total. The van der Waals surface area contributed by atoms with Crippen LogP contribution in [0.4, 0.5) is 4.79 Å². The Labute approximate surface area is 101 Å². The molecule has 0 aliphatic rings. The molecule has 2 N–H and O–H groups in total. The molecular weight excluding hydrogens is 228 g/mol. The number of carboxylic acid groups (broad SMARTS) is 1. The van der Waals surface area contributed by atoms with E-state index in [1.807, 2.05) is 18.7 Å². The van der Waals surface area contributed by atoms with Gasteiger partial charge in [0.2, 0.25) is 0 Å². The van der Waals surface area contributed by atoms with Crippen LogP contribution >= 0.6 is 11.8 Å². The number of amides is 2. The molecule has 0 aliphatic carbocycles. The molecule has 0 bridgehead atoms. The molecule has 0 radical (unpaired) electrons. The summed E-state index contributed by atoms with van der Waals surface area (Å²) in [5, 5.41) is 11.3. The van der Waals surface area contributed by atoms with Crippen LogP contribution in [-0.2, 0) is 4.79 Å². The van der Waals surface area contributed by atoms with E-state index in [9.17, 15) is 9.59 Å². The van der Waals surface area contributed by atoms with Crippen molar-refractivity contribution in [2.45, 2.75) is 26.3 Å². The quantitative estimate of drug-likeness (QED) is 0.665. The van der Waals surface area contributed by atoms with Gasteiger partial charge in [-0.3, -0.25) is 4.79 Å². The Morgan fingerprint density at radius 1 is 1.50 bits per heavy atom. The molecule has 0 spiro atoms. The van der Waals surface area contributed by atoms with Crippen LogP contribution in [0.2, 0.25) is 0 Å².